The van der Waals surface area contributed by atoms with E-state index in [0.29, 0.717) is 36.1 Å². The number of hydrogen-bond acceptors (Lipinski definition) is 3. The van der Waals surface area contributed by atoms with Crippen molar-refractivity contribution in [3.05, 3.63) is 62.6 Å². The van der Waals surface area contributed by atoms with Gasteiger partial charge >= 0.3 is 5.97 Å². The number of aryl methyl sites for hydroxylation is 2. The van der Waals surface area contributed by atoms with Crippen molar-refractivity contribution >= 4 is 35.0 Å². The van der Waals surface area contributed by atoms with Gasteiger partial charge in [-0.25, -0.2) is 0 Å². The third kappa shape index (κ3) is 4.12. The first kappa shape index (κ1) is 19.7. The molecule has 0 aliphatic heterocycles. The molecule has 1 aliphatic carbocycles. The monoisotopic (exact) mass is 406 g/mol. The average Bonchev–Trinajstić information content (AvgIpc) is 3.07. The van der Waals surface area contributed by atoms with E-state index in [1.54, 1.807) is 18.2 Å². The molecule has 4 nitrogen and oxygen atoms in total. The molecule has 0 radical (unpaired) electrons. The van der Waals surface area contributed by atoms with E-state index in [0.717, 1.165) is 11.1 Å². The van der Waals surface area contributed by atoms with Crippen LogP contribution in [-0.2, 0) is 4.79 Å². The highest BCUT2D eigenvalue weighted by atomic mass is 35.5. The van der Waals surface area contributed by atoms with Crippen LogP contribution in [0.3, 0.4) is 0 Å². The molecule has 0 aromatic heterocycles. The fraction of sp³-hybridized carbons (Fsp3) is 0.333. The van der Waals surface area contributed by atoms with Gasteiger partial charge in [-0.1, -0.05) is 47.0 Å². The molecule has 1 fully saturated rings. The molecule has 2 atom stereocenters. The highest BCUT2D eigenvalue weighted by Crippen LogP contribution is 2.38. The van der Waals surface area contributed by atoms with Gasteiger partial charge in [0.15, 0.2) is 5.78 Å². The summed E-state index contributed by atoms with van der Waals surface area (Å²) >= 11 is 12.7. The number of hydrogen-bond donors (Lipinski definition) is 1. The quantitative estimate of drug-likeness (QED) is 0.668. The van der Waals surface area contributed by atoms with Gasteiger partial charge in [-0.3, -0.25) is 9.59 Å². The number of carboxylic acids is 1. The van der Waals surface area contributed by atoms with Crippen LogP contribution in [-0.4, -0.2) is 23.0 Å². The number of ketones is 1. The van der Waals surface area contributed by atoms with E-state index in [2.05, 4.69) is 0 Å². The minimum Gasteiger partial charge on any atom is -0.489 e. The highest BCUT2D eigenvalue weighted by molar-refractivity contribution is 6.45. The molecule has 0 amide bonds. The van der Waals surface area contributed by atoms with Gasteiger partial charge in [0.2, 0.25) is 0 Å². The van der Waals surface area contributed by atoms with Crippen molar-refractivity contribution in [1.82, 2.24) is 0 Å². The Morgan fingerprint density at radius 2 is 1.74 bits per heavy atom. The Labute approximate surface area is 168 Å². The van der Waals surface area contributed by atoms with Crippen molar-refractivity contribution in [3.8, 4) is 5.75 Å². The number of benzene rings is 2. The van der Waals surface area contributed by atoms with E-state index < -0.39 is 11.9 Å². The molecule has 2 aromatic rings. The molecule has 142 valence electrons. The first-order chi connectivity index (χ1) is 12.8. The van der Waals surface area contributed by atoms with Gasteiger partial charge in [-0.05, 0) is 50.8 Å². The lowest BCUT2D eigenvalue weighted by atomic mass is 9.97. The molecule has 0 saturated heterocycles. The van der Waals surface area contributed by atoms with Crippen LogP contribution in [0.15, 0.2) is 30.3 Å². The highest BCUT2D eigenvalue weighted by Gasteiger charge is 2.31. The molecule has 27 heavy (non-hydrogen) atoms. The van der Waals surface area contributed by atoms with Crippen molar-refractivity contribution in [2.75, 3.05) is 0 Å². The van der Waals surface area contributed by atoms with Crippen LogP contribution in [0.25, 0.3) is 0 Å². The van der Waals surface area contributed by atoms with Crippen LogP contribution in [0.2, 0.25) is 10.0 Å². The SMILES string of the molecule is Cc1ccc(C(=O)c2ccc(O[C@H]3CC[C@H](C(=O)O)C3)c(Cl)c2Cl)c(C)c1. The van der Waals surface area contributed by atoms with Crippen molar-refractivity contribution in [3.63, 3.8) is 0 Å². The van der Waals surface area contributed by atoms with Gasteiger partial charge in [-0.15, -0.1) is 0 Å². The van der Waals surface area contributed by atoms with Crippen LogP contribution in [0.1, 0.15) is 46.3 Å². The van der Waals surface area contributed by atoms with Crippen molar-refractivity contribution in [2.45, 2.75) is 39.2 Å². The maximum atomic E-state index is 12.9. The number of halogens is 2. The van der Waals surface area contributed by atoms with Crippen LogP contribution in [0.5, 0.6) is 5.75 Å². The second-order valence-corrected chi connectivity index (χ2v) is 7.73. The van der Waals surface area contributed by atoms with E-state index in [9.17, 15) is 9.59 Å². The molecular formula is C21H20Cl2O4. The Bertz CT molecular complexity index is 907. The molecule has 0 heterocycles. The zero-order valence-corrected chi connectivity index (χ0v) is 16.6. The molecule has 1 aliphatic rings. The summed E-state index contributed by atoms with van der Waals surface area (Å²) in [6, 6.07) is 8.84. The molecular weight excluding hydrogens is 387 g/mol. The molecule has 1 saturated carbocycles. The van der Waals surface area contributed by atoms with E-state index in [-0.39, 0.29) is 21.9 Å². The van der Waals surface area contributed by atoms with Gasteiger partial charge in [0, 0.05) is 11.1 Å². The Morgan fingerprint density at radius 3 is 2.37 bits per heavy atom. The average molecular weight is 407 g/mol. The van der Waals surface area contributed by atoms with Gasteiger partial charge in [0.05, 0.1) is 17.0 Å². The Hall–Kier alpha value is -2.04. The lowest BCUT2D eigenvalue weighted by Crippen LogP contribution is -2.16. The zero-order valence-electron chi connectivity index (χ0n) is 15.1. The summed E-state index contributed by atoms with van der Waals surface area (Å²) in [4.78, 5) is 24.0. The molecule has 0 unspecified atom stereocenters. The molecule has 0 bridgehead atoms. The fourth-order valence-electron chi connectivity index (χ4n) is 3.46. The standard InChI is InChI=1S/C21H20Cl2O4/c1-11-3-6-15(12(2)9-11)20(24)16-7-8-17(19(23)18(16)22)27-14-5-4-13(10-14)21(25)26/h3,6-9,13-14H,4-5,10H2,1-2H3,(H,25,26)/t13-,14-/m0/s1. The summed E-state index contributed by atoms with van der Waals surface area (Å²) < 4.78 is 5.86. The fourth-order valence-corrected chi connectivity index (χ4v) is 3.91. The van der Waals surface area contributed by atoms with Crippen LogP contribution in [0, 0.1) is 19.8 Å². The number of rotatable bonds is 5. The minimum absolute atomic E-state index is 0.145. The summed E-state index contributed by atoms with van der Waals surface area (Å²) in [7, 11) is 0. The molecule has 1 N–H and O–H groups in total. The minimum atomic E-state index is -0.806. The number of aliphatic carboxylic acids is 1. The zero-order chi connectivity index (χ0) is 19.7. The maximum absolute atomic E-state index is 12.9. The number of carbonyl (C=O) groups is 2. The Morgan fingerprint density at radius 1 is 1.04 bits per heavy atom. The van der Waals surface area contributed by atoms with Crippen LogP contribution in [0.4, 0.5) is 0 Å². The van der Waals surface area contributed by atoms with E-state index in [1.807, 2.05) is 26.0 Å². The van der Waals surface area contributed by atoms with Crippen LogP contribution < -0.4 is 4.74 Å². The first-order valence-electron chi connectivity index (χ1n) is 8.77. The van der Waals surface area contributed by atoms with Crippen LogP contribution >= 0.6 is 23.2 Å². The third-order valence-electron chi connectivity index (χ3n) is 4.95. The number of carbonyl (C=O) groups excluding carboxylic acids is 1. The van der Waals surface area contributed by atoms with E-state index in [4.69, 9.17) is 33.0 Å². The molecule has 6 heteroatoms. The second kappa shape index (κ2) is 7.91. The number of carboxylic acid groups (broad SMARTS) is 1. The smallest absolute Gasteiger partial charge is 0.306 e. The Kier molecular flexibility index (Phi) is 5.78. The largest absolute Gasteiger partial charge is 0.489 e. The summed E-state index contributed by atoms with van der Waals surface area (Å²) in [6.07, 6.45) is 1.44. The Balaban J connectivity index is 1.83. The lowest BCUT2D eigenvalue weighted by molar-refractivity contribution is -0.141. The third-order valence-corrected chi connectivity index (χ3v) is 5.81. The summed E-state index contributed by atoms with van der Waals surface area (Å²) in [6.45, 7) is 3.85. The normalized spacial score (nSPS) is 19.1. The van der Waals surface area contributed by atoms with Crippen molar-refractivity contribution in [2.24, 2.45) is 5.92 Å². The van der Waals surface area contributed by atoms with Gasteiger partial charge in [-0.2, -0.15) is 0 Å². The predicted molar refractivity (Wildman–Crippen MR) is 105 cm³/mol. The summed E-state index contributed by atoms with van der Waals surface area (Å²) in [5.74, 6) is -1.03. The predicted octanol–water partition coefficient (Wildman–Crippen LogP) is 5.47. The number of ether oxygens (including phenoxy) is 1. The first-order valence-corrected chi connectivity index (χ1v) is 9.53. The summed E-state index contributed by atoms with van der Waals surface area (Å²) in [5.41, 5.74) is 2.84. The van der Waals surface area contributed by atoms with E-state index in [1.165, 1.54) is 0 Å². The van der Waals surface area contributed by atoms with Gasteiger partial charge < -0.3 is 9.84 Å². The molecule has 0 spiro atoms. The van der Waals surface area contributed by atoms with Crippen molar-refractivity contribution in [1.29, 1.82) is 0 Å². The van der Waals surface area contributed by atoms with Gasteiger partial charge in [0.25, 0.3) is 0 Å². The molecule has 2 aromatic carbocycles. The summed E-state index contributed by atoms with van der Waals surface area (Å²) in [5, 5.41) is 9.42. The lowest BCUT2D eigenvalue weighted by Gasteiger charge is -2.16. The second-order valence-electron chi connectivity index (χ2n) is 6.97. The molecule has 3 rings (SSSR count). The topological polar surface area (TPSA) is 63.6 Å². The van der Waals surface area contributed by atoms with E-state index >= 15 is 0 Å². The van der Waals surface area contributed by atoms with Gasteiger partial charge in [0.1, 0.15) is 10.8 Å². The van der Waals surface area contributed by atoms with Crippen molar-refractivity contribution < 1.29 is 19.4 Å². The maximum Gasteiger partial charge on any atom is 0.306 e.